The fourth-order valence-corrected chi connectivity index (χ4v) is 3.38. The standard InChI is InChI=1S/C17H34N4O/c1-2-18-17(20-15-7-9-16(22)10-8-15)19-11-3-4-12-21-13-5-6-14-21/h15-16,22H,2-14H2,1H3,(H2,18,19,20). The zero-order chi connectivity index (χ0) is 15.6. The molecular formula is C17H34N4O. The molecule has 0 aromatic rings. The second-order valence-corrected chi connectivity index (χ2v) is 6.67. The maximum Gasteiger partial charge on any atom is 0.191 e. The fourth-order valence-electron chi connectivity index (χ4n) is 3.38. The summed E-state index contributed by atoms with van der Waals surface area (Å²) in [5, 5.41) is 16.4. The third-order valence-corrected chi connectivity index (χ3v) is 4.73. The topological polar surface area (TPSA) is 59.9 Å². The predicted octanol–water partition coefficient (Wildman–Crippen LogP) is 1.72. The molecule has 22 heavy (non-hydrogen) atoms. The Bertz CT molecular complexity index is 321. The number of nitrogens with one attached hydrogen (secondary N) is 2. The lowest BCUT2D eigenvalue weighted by Crippen LogP contribution is -2.45. The molecule has 1 aliphatic heterocycles. The average Bonchev–Trinajstić information content (AvgIpc) is 3.02. The molecule has 5 heteroatoms. The van der Waals surface area contributed by atoms with Gasteiger partial charge >= 0.3 is 0 Å². The number of nitrogens with zero attached hydrogens (tertiary/aromatic N) is 2. The molecule has 1 aliphatic carbocycles. The van der Waals surface area contributed by atoms with Crippen molar-refractivity contribution < 1.29 is 5.11 Å². The summed E-state index contributed by atoms with van der Waals surface area (Å²) in [6.07, 6.45) is 8.98. The van der Waals surface area contributed by atoms with E-state index in [1.807, 2.05) is 0 Å². The van der Waals surface area contributed by atoms with Crippen molar-refractivity contribution in [1.29, 1.82) is 0 Å². The maximum absolute atomic E-state index is 9.58. The van der Waals surface area contributed by atoms with Gasteiger partial charge in [0.15, 0.2) is 5.96 Å². The van der Waals surface area contributed by atoms with Gasteiger partial charge in [0.05, 0.1) is 6.10 Å². The van der Waals surface area contributed by atoms with Gasteiger partial charge < -0.3 is 20.6 Å². The lowest BCUT2D eigenvalue weighted by molar-refractivity contribution is 0.120. The second kappa shape index (κ2) is 10.1. The van der Waals surface area contributed by atoms with Crippen molar-refractivity contribution in [1.82, 2.24) is 15.5 Å². The molecule has 2 fully saturated rings. The van der Waals surface area contributed by atoms with Gasteiger partial charge in [0.25, 0.3) is 0 Å². The van der Waals surface area contributed by atoms with Crippen molar-refractivity contribution in [2.75, 3.05) is 32.7 Å². The molecule has 5 nitrogen and oxygen atoms in total. The van der Waals surface area contributed by atoms with E-state index in [0.717, 1.165) is 51.2 Å². The van der Waals surface area contributed by atoms with Crippen molar-refractivity contribution >= 4 is 5.96 Å². The molecule has 0 aromatic heterocycles. The molecular weight excluding hydrogens is 276 g/mol. The molecule has 3 N–H and O–H groups in total. The lowest BCUT2D eigenvalue weighted by atomic mass is 9.93. The molecule has 0 aromatic carbocycles. The molecule has 2 aliphatic rings. The number of rotatable bonds is 7. The van der Waals surface area contributed by atoms with Gasteiger partial charge in [-0.1, -0.05) is 0 Å². The van der Waals surface area contributed by atoms with Gasteiger partial charge in [0.2, 0.25) is 0 Å². The summed E-state index contributed by atoms with van der Waals surface area (Å²) < 4.78 is 0. The van der Waals surface area contributed by atoms with Crippen LogP contribution in [0.15, 0.2) is 4.99 Å². The summed E-state index contributed by atoms with van der Waals surface area (Å²) in [6, 6.07) is 0.464. The van der Waals surface area contributed by atoms with Crippen molar-refractivity contribution in [3.05, 3.63) is 0 Å². The zero-order valence-electron chi connectivity index (χ0n) is 14.2. The molecule has 0 spiro atoms. The summed E-state index contributed by atoms with van der Waals surface area (Å²) in [4.78, 5) is 7.27. The minimum Gasteiger partial charge on any atom is -0.393 e. The van der Waals surface area contributed by atoms with Crippen molar-refractivity contribution in [2.45, 2.75) is 70.4 Å². The summed E-state index contributed by atoms with van der Waals surface area (Å²) in [6.45, 7) is 7.73. The highest BCUT2D eigenvalue weighted by Crippen LogP contribution is 2.18. The lowest BCUT2D eigenvalue weighted by Gasteiger charge is -2.27. The van der Waals surface area contributed by atoms with Crippen molar-refractivity contribution in [2.24, 2.45) is 4.99 Å². The van der Waals surface area contributed by atoms with Gasteiger partial charge in [-0.3, -0.25) is 4.99 Å². The van der Waals surface area contributed by atoms with E-state index in [-0.39, 0.29) is 6.10 Å². The van der Waals surface area contributed by atoms with Crippen LogP contribution in [0.5, 0.6) is 0 Å². The number of guanidine groups is 1. The molecule has 128 valence electrons. The van der Waals surface area contributed by atoms with E-state index < -0.39 is 0 Å². The van der Waals surface area contributed by atoms with Crippen LogP contribution < -0.4 is 10.6 Å². The molecule has 0 atom stereocenters. The second-order valence-electron chi connectivity index (χ2n) is 6.67. The van der Waals surface area contributed by atoms with Crippen LogP contribution in [0.3, 0.4) is 0 Å². The molecule has 0 amide bonds. The fraction of sp³-hybridized carbons (Fsp3) is 0.941. The van der Waals surface area contributed by atoms with Gasteiger partial charge in [-0.05, 0) is 77.9 Å². The Hall–Kier alpha value is -0.810. The first kappa shape index (κ1) is 17.5. The number of aliphatic hydroxyl groups excluding tert-OH is 1. The van der Waals surface area contributed by atoms with Crippen LogP contribution in [0.4, 0.5) is 0 Å². The number of likely N-dealkylation sites (tertiary alicyclic amines) is 1. The van der Waals surface area contributed by atoms with Crippen LogP contribution in [0, 0.1) is 0 Å². The van der Waals surface area contributed by atoms with Crippen molar-refractivity contribution in [3.8, 4) is 0 Å². The average molecular weight is 310 g/mol. The smallest absolute Gasteiger partial charge is 0.191 e. The predicted molar refractivity (Wildman–Crippen MR) is 92.3 cm³/mol. The summed E-state index contributed by atoms with van der Waals surface area (Å²) in [7, 11) is 0. The van der Waals surface area contributed by atoms with E-state index in [4.69, 9.17) is 4.99 Å². The largest absolute Gasteiger partial charge is 0.393 e. The maximum atomic E-state index is 9.58. The number of aliphatic imine (C=N–C) groups is 1. The van der Waals surface area contributed by atoms with E-state index in [9.17, 15) is 5.11 Å². The Kier molecular flexibility index (Phi) is 8.02. The highest BCUT2D eigenvalue weighted by molar-refractivity contribution is 5.80. The SMILES string of the molecule is CCNC(=NCCCCN1CCCC1)NC1CCC(O)CC1. The summed E-state index contributed by atoms with van der Waals surface area (Å²) in [5.41, 5.74) is 0. The molecule has 2 rings (SSSR count). The molecule has 1 heterocycles. The Morgan fingerprint density at radius 1 is 1.14 bits per heavy atom. The molecule has 1 saturated carbocycles. The molecule has 0 bridgehead atoms. The quantitative estimate of drug-likeness (QED) is 0.381. The summed E-state index contributed by atoms with van der Waals surface area (Å²) >= 11 is 0. The van der Waals surface area contributed by atoms with E-state index in [0.29, 0.717) is 6.04 Å². The first-order chi connectivity index (χ1) is 10.8. The Labute approximate surface area is 135 Å². The molecule has 1 saturated heterocycles. The van der Waals surface area contributed by atoms with E-state index in [2.05, 4.69) is 22.5 Å². The number of aliphatic hydroxyl groups is 1. The van der Waals surface area contributed by atoms with Gasteiger partial charge in [0.1, 0.15) is 0 Å². The number of hydrogen-bond acceptors (Lipinski definition) is 3. The van der Waals surface area contributed by atoms with Crippen LogP contribution in [-0.4, -0.2) is 60.8 Å². The first-order valence-electron chi connectivity index (χ1n) is 9.23. The Morgan fingerprint density at radius 3 is 2.55 bits per heavy atom. The summed E-state index contributed by atoms with van der Waals surface area (Å²) in [5.74, 6) is 0.949. The first-order valence-corrected chi connectivity index (χ1v) is 9.23. The monoisotopic (exact) mass is 310 g/mol. The number of hydrogen-bond donors (Lipinski definition) is 3. The highest BCUT2D eigenvalue weighted by Gasteiger charge is 2.19. The van der Waals surface area contributed by atoms with Gasteiger partial charge in [-0.25, -0.2) is 0 Å². The minimum atomic E-state index is -0.0943. The van der Waals surface area contributed by atoms with Crippen LogP contribution >= 0.6 is 0 Å². The Morgan fingerprint density at radius 2 is 1.86 bits per heavy atom. The van der Waals surface area contributed by atoms with Crippen molar-refractivity contribution in [3.63, 3.8) is 0 Å². The van der Waals surface area contributed by atoms with Gasteiger partial charge in [0, 0.05) is 19.1 Å². The van der Waals surface area contributed by atoms with E-state index >= 15 is 0 Å². The molecule has 0 unspecified atom stereocenters. The van der Waals surface area contributed by atoms with Crippen LogP contribution in [-0.2, 0) is 0 Å². The number of unbranched alkanes of at least 4 members (excludes halogenated alkanes) is 1. The Balaban J connectivity index is 1.63. The van der Waals surface area contributed by atoms with E-state index in [1.165, 1.54) is 38.9 Å². The zero-order valence-corrected chi connectivity index (χ0v) is 14.2. The van der Waals surface area contributed by atoms with E-state index in [1.54, 1.807) is 0 Å². The third kappa shape index (κ3) is 6.53. The minimum absolute atomic E-state index is 0.0943. The van der Waals surface area contributed by atoms with Crippen LogP contribution in [0.1, 0.15) is 58.3 Å². The third-order valence-electron chi connectivity index (χ3n) is 4.73. The highest BCUT2D eigenvalue weighted by atomic mass is 16.3. The molecule has 0 radical (unpaired) electrons. The van der Waals surface area contributed by atoms with Crippen LogP contribution in [0.25, 0.3) is 0 Å². The van der Waals surface area contributed by atoms with Gasteiger partial charge in [-0.15, -0.1) is 0 Å². The van der Waals surface area contributed by atoms with Crippen LogP contribution in [0.2, 0.25) is 0 Å². The van der Waals surface area contributed by atoms with Gasteiger partial charge in [-0.2, -0.15) is 0 Å². The normalized spacial score (nSPS) is 27.1.